The zero-order valence-corrected chi connectivity index (χ0v) is 14.8. The van der Waals surface area contributed by atoms with Gasteiger partial charge in [0.25, 0.3) is 5.91 Å². The number of anilines is 3. The summed E-state index contributed by atoms with van der Waals surface area (Å²) in [5.41, 5.74) is 1.68. The van der Waals surface area contributed by atoms with Gasteiger partial charge >= 0.3 is 0 Å². The first-order valence-corrected chi connectivity index (χ1v) is 8.11. The number of aromatic nitrogens is 1. The number of hydrogen-bond acceptors (Lipinski definition) is 5. The Hall–Kier alpha value is -3.61. The molecule has 1 aromatic heterocycles. The lowest BCUT2D eigenvalue weighted by Gasteiger charge is -2.11. The van der Waals surface area contributed by atoms with Gasteiger partial charge in [-0.25, -0.2) is 9.37 Å². The van der Waals surface area contributed by atoms with Crippen molar-refractivity contribution >= 4 is 23.0 Å². The molecule has 7 heteroatoms. The highest BCUT2D eigenvalue weighted by Crippen LogP contribution is 2.30. The van der Waals surface area contributed by atoms with Gasteiger partial charge in [-0.3, -0.25) is 4.79 Å². The molecule has 3 rings (SSSR count). The fourth-order valence-electron chi connectivity index (χ4n) is 2.43. The first kappa shape index (κ1) is 18.2. The molecule has 0 aliphatic heterocycles. The third kappa shape index (κ3) is 4.33. The summed E-state index contributed by atoms with van der Waals surface area (Å²) in [4.78, 5) is 16.5. The molecule has 0 saturated heterocycles. The summed E-state index contributed by atoms with van der Waals surface area (Å²) in [5.74, 6) is 0.331. The van der Waals surface area contributed by atoms with E-state index in [4.69, 9.17) is 9.47 Å². The predicted octanol–water partition coefficient (Wildman–Crippen LogP) is 4.23. The summed E-state index contributed by atoms with van der Waals surface area (Å²) in [5, 5.41) is 5.66. The second kappa shape index (κ2) is 8.18. The molecule has 0 radical (unpaired) electrons. The van der Waals surface area contributed by atoms with Crippen LogP contribution in [0.2, 0.25) is 0 Å². The second-order valence-corrected chi connectivity index (χ2v) is 5.56. The van der Waals surface area contributed by atoms with E-state index in [9.17, 15) is 9.18 Å². The zero-order valence-electron chi connectivity index (χ0n) is 14.8. The Balaban J connectivity index is 1.70. The summed E-state index contributed by atoms with van der Waals surface area (Å²) in [6.07, 6.45) is 1.47. The van der Waals surface area contributed by atoms with Gasteiger partial charge in [-0.05, 0) is 36.4 Å². The number of methoxy groups -OCH3 is 2. The van der Waals surface area contributed by atoms with Gasteiger partial charge < -0.3 is 20.1 Å². The number of amides is 1. The highest BCUT2D eigenvalue weighted by molar-refractivity contribution is 6.03. The van der Waals surface area contributed by atoms with Gasteiger partial charge in [0.15, 0.2) is 11.5 Å². The van der Waals surface area contributed by atoms with E-state index in [1.165, 1.54) is 26.5 Å². The highest BCUT2D eigenvalue weighted by Gasteiger charge is 2.11. The topological polar surface area (TPSA) is 72.5 Å². The smallest absolute Gasteiger partial charge is 0.274 e. The lowest BCUT2D eigenvalue weighted by atomic mass is 10.2. The molecule has 0 aliphatic carbocycles. The first-order chi connectivity index (χ1) is 13.1. The average molecular weight is 367 g/mol. The first-order valence-electron chi connectivity index (χ1n) is 8.11. The van der Waals surface area contributed by atoms with Crippen molar-refractivity contribution in [3.05, 3.63) is 72.3 Å². The third-order valence-electron chi connectivity index (χ3n) is 3.79. The van der Waals surface area contributed by atoms with Crippen LogP contribution in [-0.4, -0.2) is 25.1 Å². The molecule has 6 nitrogen and oxygen atoms in total. The molecule has 0 fully saturated rings. The lowest BCUT2D eigenvalue weighted by Crippen LogP contribution is -2.13. The SMILES string of the molecule is COc1ccc(NC(=O)c2ccc(Nc3ccccc3F)cn2)cc1OC. The third-order valence-corrected chi connectivity index (χ3v) is 3.79. The van der Waals surface area contributed by atoms with Crippen LogP contribution in [0.4, 0.5) is 21.5 Å². The molecule has 0 spiro atoms. The van der Waals surface area contributed by atoms with Gasteiger partial charge in [-0.15, -0.1) is 0 Å². The number of carbonyl (C=O) groups is 1. The van der Waals surface area contributed by atoms with Gasteiger partial charge in [0.1, 0.15) is 11.5 Å². The van der Waals surface area contributed by atoms with Gasteiger partial charge in [0, 0.05) is 11.8 Å². The molecule has 0 aliphatic rings. The molecule has 0 saturated carbocycles. The maximum atomic E-state index is 13.7. The van der Waals surface area contributed by atoms with Crippen LogP contribution in [0.25, 0.3) is 0 Å². The maximum absolute atomic E-state index is 13.7. The fraction of sp³-hybridized carbons (Fsp3) is 0.100. The normalized spacial score (nSPS) is 10.2. The summed E-state index contributed by atoms with van der Waals surface area (Å²) >= 11 is 0. The number of carbonyl (C=O) groups excluding carboxylic acids is 1. The Labute approximate surface area is 156 Å². The van der Waals surface area contributed by atoms with Crippen molar-refractivity contribution in [3.63, 3.8) is 0 Å². The van der Waals surface area contributed by atoms with Crippen molar-refractivity contribution in [3.8, 4) is 11.5 Å². The number of ether oxygens (including phenoxy) is 2. The van der Waals surface area contributed by atoms with Crippen LogP contribution in [0.5, 0.6) is 11.5 Å². The van der Waals surface area contributed by atoms with Crippen molar-refractivity contribution in [1.82, 2.24) is 4.98 Å². The molecule has 0 atom stereocenters. The molecular formula is C20H18FN3O3. The molecule has 138 valence electrons. The van der Waals surface area contributed by atoms with Crippen molar-refractivity contribution in [2.45, 2.75) is 0 Å². The molecule has 2 N–H and O–H groups in total. The number of benzene rings is 2. The molecule has 0 unspecified atom stereocenters. The van der Waals surface area contributed by atoms with Crippen LogP contribution < -0.4 is 20.1 Å². The van der Waals surface area contributed by atoms with Crippen LogP contribution in [0.1, 0.15) is 10.5 Å². The molecule has 1 heterocycles. The van der Waals surface area contributed by atoms with E-state index >= 15 is 0 Å². The van der Waals surface area contributed by atoms with E-state index in [0.29, 0.717) is 28.6 Å². The molecule has 3 aromatic rings. The number of pyridine rings is 1. The Morgan fingerprint density at radius 2 is 1.70 bits per heavy atom. The fourth-order valence-corrected chi connectivity index (χ4v) is 2.43. The standard InChI is InChI=1S/C20H18FN3O3/c1-26-18-10-8-13(11-19(18)27-2)24-20(25)17-9-7-14(12-22-17)23-16-6-4-3-5-15(16)21/h3-12,23H,1-2H3,(H,24,25). The number of nitrogens with zero attached hydrogens (tertiary/aromatic N) is 1. The molecule has 2 aromatic carbocycles. The number of halogens is 1. The van der Waals surface area contributed by atoms with Crippen LogP contribution in [0, 0.1) is 5.82 Å². The maximum Gasteiger partial charge on any atom is 0.274 e. The van der Waals surface area contributed by atoms with Crippen molar-refractivity contribution in [1.29, 1.82) is 0 Å². The van der Waals surface area contributed by atoms with E-state index < -0.39 is 0 Å². The molecule has 27 heavy (non-hydrogen) atoms. The average Bonchev–Trinajstić information content (AvgIpc) is 2.70. The van der Waals surface area contributed by atoms with Crippen molar-refractivity contribution < 1.29 is 18.7 Å². The quantitative estimate of drug-likeness (QED) is 0.682. The van der Waals surface area contributed by atoms with E-state index in [-0.39, 0.29) is 17.4 Å². The summed E-state index contributed by atoms with van der Waals surface area (Å²) in [7, 11) is 3.06. The number of nitrogens with one attached hydrogen (secondary N) is 2. The lowest BCUT2D eigenvalue weighted by molar-refractivity contribution is 0.102. The minimum atomic E-state index is -0.375. The van der Waals surface area contributed by atoms with Crippen LogP contribution in [0.15, 0.2) is 60.8 Å². The Bertz CT molecular complexity index is 945. The summed E-state index contributed by atoms with van der Waals surface area (Å²) in [6.45, 7) is 0. The Kier molecular flexibility index (Phi) is 5.51. The number of rotatable bonds is 6. The van der Waals surface area contributed by atoms with Crippen LogP contribution in [-0.2, 0) is 0 Å². The summed E-state index contributed by atoms with van der Waals surface area (Å²) < 4.78 is 24.1. The molecule has 0 bridgehead atoms. The molecule has 1 amide bonds. The highest BCUT2D eigenvalue weighted by atomic mass is 19.1. The zero-order chi connectivity index (χ0) is 19.2. The van der Waals surface area contributed by atoms with Gasteiger partial charge in [-0.2, -0.15) is 0 Å². The minimum Gasteiger partial charge on any atom is -0.493 e. The predicted molar refractivity (Wildman–Crippen MR) is 101 cm³/mol. The van der Waals surface area contributed by atoms with Gasteiger partial charge in [0.05, 0.1) is 31.8 Å². The van der Waals surface area contributed by atoms with E-state index in [2.05, 4.69) is 15.6 Å². The van der Waals surface area contributed by atoms with Gasteiger partial charge in [0.2, 0.25) is 0 Å². The largest absolute Gasteiger partial charge is 0.493 e. The van der Waals surface area contributed by atoms with Crippen LogP contribution >= 0.6 is 0 Å². The van der Waals surface area contributed by atoms with Crippen molar-refractivity contribution in [2.75, 3.05) is 24.9 Å². The second-order valence-electron chi connectivity index (χ2n) is 5.56. The van der Waals surface area contributed by atoms with E-state index in [1.807, 2.05) is 0 Å². The van der Waals surface area contributed by atoms with Crippen LogP contribution in [0.3, 0.4) is 0 Å². The van der Waals surface area contributed by atoms with E-state index in [0.717, 1.165) is 0 Å². The monoisotopic (exact) mass is 367 g/mol. The molecular weight excluding hydrogens is 349 g/mol. The van der Waals surface area contributed by atoms with Gasteiger partial charge in [-0.1, -0.05) is 12.1 Å². The number of hydrogen-bond donors (Lipinski definition) is 2. The van der Waals surface area contributed by atoms with E-state index in [1.54, 1.807) is 48.5 Å². The number of para-hydroxylation sites is 1. The Morgan fingerprint density at radius 3 is 2.37 bits per heavy atom. The Morgan fingerprint density at radius 1 is 0.963 bits per heavy atom. The van der Waals surface area contributed by atoms with Crippen molar-refractivity contribution in [2.24, 2.45) is 0 Å². The minimum absolute atomic E-state index is 0.226. The summed E-state index contributed by atoms with van der Waals surface area (Å²) in [6, 6.07) is 14.6.